The third-order valence-electron chi connectivity index (χ3n) is 4.47. The molecule has 0 aromatic heterocycles. The summed E-state index contributed by atoms with van der Waals surface area (Å²) >= 11 is 6.08. The van der Waals surface area contributed by atoms with Gasteiger partial charge in [-0.15, -0.1) is 0 Å². The maximum Gasteiger partial charge on any atom is 0.105 e. The molecule has 19 heavy (non-hydrogen) atoms. The van der Waals surface area contributed by atoms with Crippen molar-refractivity contribution in [3.05, 3.63) is 46.5 Å². The quantitative estimate of drug-likeness (QED) is 0.724. The molecule has 0 atom stereocenters. The number of rotatable bonds is 2. The monoisotopic (exact) mass is 339 g/mol. The highest BCUT2D eigenvalue weighted by Crippen LogP contribution is 2.33. The van der Waals surface area contributed by atoms with Gasteiger partial charge < -0.3 is 21.5 Å². The second-order valence-electron chi connectivity index (χ2n) is 5.40. The molecule has 2 aromatic rings. The summed E-state index contributed by atoms with van der Waals surface area (Å²) in [4.78, 5) is 0. The molecule has 2 aromatic carbocycles. The molecule has 1 nitrogen and oxygen atoms in total. The van der Waals surface area contributed by atoms with E-state index in [0.29, 0.717) is 0 Å². The molecule has 1 heterocycles. The molecule has 0 saturated carbocycles. The van der Waals surface area contributed by atoms with E-state index < -0.39 is 0 Å². The Hall–Kier alpha value is -0.570. The molecule has 0 radical (unpaired) electrons. The molecule has 0 fully saturated rings. The molecule has 1 aliphatic rings. The van der Waals surface area contributed by atoms with Crippen LogP contribution in [0, 0.1) is 0 Å². The van der Waals surface area contributed by atoms with Crippen molar-refractivity contribution in [1.82, 2.24) is 0 Å². The first-order valence-electron chi connectivity index (χ1n) is 6.72. The summed E-state index contributed by atoms with van der Waals surface area (Å²) in [5.41, 5.74) is 3.03. The summed E-state index contributed by atoms with van der Waals surface area (Å²) in [5, 5.41) is 3.41. The van der Waals surface area contributed by atoms with Crippen LogP contribution >= 0.6 is 11.6 Å². The van der Waals surface area contributed by atoms with Gasteiger partial charge in [0.15, 0.2) is 0 Å². The van der Waals surface area contributed by atoms with Crippen molar-refractivity contribution < 1.29 is 21.5 Å². The zero-order valence-corrected chi connectivity index (χ0v) is 13.8. The van der Waals surface area contributed by atoms with Crippen molar-refractivity contribution in [2.45, 2.75) is 26.9 Å². The Morgan fingerprint density at radius 1 is 0.947 bits per heavy atom. The first-order valence-corrected chi connectivity index (χ1v) is 7.10. The summed E-state index contributed by atoms with van der Waals surface area (Å²) in [6.45, 7) is 9.37. The van der Waals surface area contributed by atoms with E-state index in [1.165, 1.54) is 52.6 Å². The number of fused-ring (bicyclic) bond motifs is 2. The fraction of sp³-hybridized carbons (Fsp3) is 0.375. The maximum atomic E-state index is 6.08. The van der Waals surface area contributed by atoms with E-state index in [1.54, 1.807) is 0 Å². The van der Waals surface area contributed by atoms with Gasteiger partial charge in [0.2, 0.25) is 0 Å². The number of nitrogens with zero attached hydrogens (tertiary/aromatic N) is 1. The van der Waals surface area contributed by atoms with Gasteiger partial charge in [0.25, 0.3) is 0 Å². The van der Waals surface area contributed by atoms with E-state index >= 15 is 0 Å². The van der Waals surface area contributed by atoms with Gasteiger partial charge in [-0.05, 0) is 48.9 Å². The summed E-state index contributed by atoms with van der Waals surface area (Å²) in [6, 6.07) is 10.9. The molecular weight excluding hydrogens is 322 g/mol. The van der Waals surface area contributed by atoms with Crippen molar-refractivity contribution in [2.24, 2.45) is 0 Å². The molecule has 0 unspecified atom stereocenters. The van der Waals surface area contributed by atoms with E-state index in [2.05, 4.69) is 38.1 Å². The van der Waals surface area contributed by atoms with E-state index in [9.17, 15) is 0 Å². The predicted octanol–water partition coefficient (Wildman–Crippen LogP) is 1.37. The van der Waals surface area contributed by atoms with Gasteiger partial charge in [0.05, 0.1) is 13.1 Å². The Bertz CT molecular complexity index is 605. The SMILES string of the molecule is CC[N+]1(CC)Cc2cc3ccc(Cl)cc3cc2C1.[Br-]. The Labute approximate surface area is 130 Å². The lowest BCUT2D eigenvalue weighted by Crippen LogP contribution is -3.00. The molecule has 0 N–H and O–H groups in total. The topological polar surface area (TPSA) is 0 Å². The molecular formula is C16H19BrClN. The van der Waals surface area contributed by atoms with Crippen LogP contribution < -0.4 is 17.0 Å². The molecule has 0 aliphatic carbocycles. The van der Waals surface area contributed by atoms with E-state index in [4.69, 9.17) is 11.6 Å². The van der Waals surface area contributed by atoms with Crippen molar-refractivity contribution >= 4 is 22.4 Å². The zero-order valence-electron chi connectivity index (χ0n) is 11.4. The fourth-order valence-electron chi connectivity index (χ4n) is 3.11. The van der Waals surface area contributed by atoms with Crippen LogP contribution in [0.3, 0.4) is 0 Å². The minimum Gasteiger partial charge on any atom is -1.00 e. The molecule has 102 valence electrons. The van der Waals surface area contributed by atoms with Crippen molar-refractivity contribution in [3.63, 3.8) is 0 Å². The van der Waals surface area contributed by atoms with Gasteiger partial charge in [0.1, 0.15) is 13.1 Å². The Morgan fingerprint density at radius 3 is 2.11 bits per heavy atom. The van der Waals surface area contributed by atoms with Crippen LogP contribution in [-0.2, 0) is 13.1 Å². The fourth-order valence-corrected chi connectivity index (χ4v) is 3.29. The van der Waals surface area contributed by atoms with E-state index in [1.807, 2.05) is 6.07 Å². The third-order valence-corrected chi connectivity index (χ3v) is 4.71. The largest absolute Gasteiger partial charge is 1.00 e. The van der Waals surface area contributed by atoms with Crippen molar-refractivity contribution in [1.29, 1.82) is 0 Å². The molecule has 1 aliphatic heterocycles. The number of quaternary nitrogens is 1. The first kappa shape index (κ1) is 14.8. The summed E-state index contributed by atoms with van der Waals surface area (Å²) in [5.74, 6) is 0. The Morgan fingerprint density at radius 2 is 1.53 bits per heavy atom. The summed E-state index contributed by atoms with van der Waals surface area (Å²) < 4.78 is 1.19. The van der Waals surface area contributed by atoms with Crippen LogP contribution in [0.2, 0.25) is 5.02 Å². The van der Waals surface area contributed by atoms with Gasteiger partial charge in [-0.25, -0.2) is 0 Å². The van der Waals surface area contributed by atoms with Crippen LogP contribution in [0.15, 0.2) is 30.3 Å². The van der Waals surface area contributed by atoms with Crippen molar-refractivity contribution in [2.75, 3.05) is 13.1 Å². The minimum absolute atomic E-state index is 0. The number of halogens is 2. The number of benzene rings is 2. The van der Waals surface area contributed by atoms with Gasteiger partial charge in [-0.1, -0.05) is 17.7 Å². The lowest BCUT2D eigenvalue weighted by atomic mass is 10.0. The van der Waals surface area contributed by atoms with Gasteiger partial charge in [-0.3, -0.25) is 0 Å². The zero-order chi connectivity index (χ0) is 12.8. The van der Waals surface area contributed by atoms with E-state index in [0.717, 1.165) is 5.02 Å². The Balaban J connectivity index is 0.00000133. The molecule has 0 bridgehead atoms. The highest BCUT2D eigenvalue weighted by Gasteiger charge is 2.32. The summed E-state index contributed by atoms with van der Waals surface area (Å²) in [6.07, 6.45) is 0. The average molecular weight is 341 g/mol. The predicted molar refractivity (Wildman–Crippen MR) is 77.7 cm³/mol. The molecule has 3 heteroatoms. The van der Waals surface area contributed by atoms with Gasteiger partial charge in [0, 0.05) is 16.1 Å². The highest BCUT2D eigenvalue weighted by atomic mass is 79.9. The van der Waals surface area contributed by atoms with Crippen molar-refractivity contribution in [3.8, 4) is 0 Å². The van der Waals surface area contributed by atoms with Crippen LogP contribution in [0.4, 0.5) is 0 Å². The normalized spacial score (nSPS) is 16.2. The maximum absolute atomic E-state index is 6.08. The standard InChI is InChI=1S/C16H19ClN.BrH/c1-3-18(4-2)10-14-7-12-5-6-16(17)9-13(12)8-15(14)11-18;/h5-9H,3-4,10-11H2,1-2H3;1H/q+1;/p-1. The number of hydrogen-bond acceptors (Lipinski definition) is 0. The number of hydrogen-bond donors (Lipinski definition) is 0. The van der Waals surface area contributed by atoms with Crippen LogP contribution in [-0.4, -0.2) is 17.6 Å². The smallest absolute Gasteiger partial charge is 0.105 e. The van der Waals surface area contributed by atoms with Gasteiger partial charge in [-0.2, -0.15) is 0 Å². The molecule has 0 saturated heterocycles. The lowest BCUT2D eigenvalue weighted by molar-refractivity contribution is -0.944. The minimum atomic E-state index is 0. The molecule has 0 amide bonds. The second-order valence-corrected chi connectivity index (χ2v) is 5.84. The Kier molecular flexibility index (Phi) is 4.24. The molecule has 0 spiro atoms. The van der Waals surface area contributed by atoms with Crippen LogP contribution in [0.1, 0.15) is 25.0 Å². The lowest BCUT2D eigenvalue weighted by Gasteiger charge is -2.31. The second kappa shape index (κ2) is 5.43. The van der Waals surface area contributed by atoms with Gasteiger partial charge >= 0.3 is 0 Å². The summed E-state index contributed by atoms with van der Waals surface area (Å²) in [7, 11) is 0. The van der Waals surface area contributed by atoms with E-state index in [-0.39, 0.29) is 17.0 Å². The molecule has 3 rings (SSSR count). The van der Waals surface area contributed by atoms with Crippen LogP contribution in [0.5, 0.6) is 0 Å². The third kappa shape index (κ3) is 2.54. The average Bonchev–Trinajstić information content (AvgIpc) is 2.74. The highest BCUT2D eigenvalue weighted by molar-refractivity contribution is 6.31. The first-order chi connectivity index (χ1) is 8.65. The van der Waals surface area contributed by atoms with Crippen LogP contribution in [0.25, 0.3) is 10.8 Å².